The Morgan fingerprint density at radius 2 is 2.17 bits per heavy atom. The number of anilines is 2. The number of nitrogens with two attached hydrogens (primary N) is 1. The second kappa shape index (κ2) is 5.01. The molecule has 0 bridgehead atoms. The SMILES string of the molecule is Nc1ccc(Cl)cc1NC(=O)c1ccncc1F. The fourth-order valence-electron chi connectivity index (χ4n) is 1.39. The summed E-state index contributed by atoms with van der Waals surface area (Å²) in [7, 11) is 0. The van der Waals surface area contributed by atoms with Gasteiger partial charge < -0.3 is 11.1 Å². The number of amides is 1. The van der Waals surface area contributed by atoms with Crippen LogP contribution in [0.4, 0.5) is 15.8 Å². The molecule has 1 aromatic heterocycles. The van der Waals surface area contributed by atoms with Crippen molar-refractivity contribution in [3.8, 4) is 0 Å². The number of aromatic nitrogens is 1. The van der Waals surface area contributed by atoms with Crippen LogP contribution in [0.3, 0.4) is 0 Å². The molecule has 0 saturated heterocycles. The molecule has 2 aromatic rings. The standard InChI is InChI=1S/C12H9ClFN3O/c13-7-1-2-10(15)11(5-7)17-12(18)8-3-4-16-6-9(8)14/h1-6H,15H2,(H,17,18). The summed E-state index contributed by atoms with van der Waals surface area (Å²) in [6.45, 7) is 0. The zero-order valence-electron chi connectivity index (χ0n) is 9.15. The molecule has 0 fully saturated rings. The third kappa shape index (κ3) is 2.57. The maximum absolute atomic E-state index is 13.3. The molecule has 6 heteroatoms. The molecule has 1 amide bonds. The Hall–Kier alpha value is -2.14. The van der Waals surface area contributed by atoms with Crippen LogP contribution >= 0.6 is 11.6 Å². The molecule has 0 aliphatic rings. The fraction of sp³-hybridized carbons (Fsp3) is 0. The molecule has 1 heterocycles. The summed E-state index contributed by atoms with van der Waals surface area (Å²) in [6, 6.07) is 5.93. The van der Waals surface area contributed by atoms with Crippen LogP contribution in [0.5, 0.6) is 0 Å². The molecule has 92 valence electrons. The highest BCUT2D eigenvalue weighted by Crippen LogP contribution is 2.23. The predicted molar refractivity (Wildman–Crippen MR) is 68.0 cm³/mol. The number of carbonyl (C=O) groups is 1. The zero-order chi connectivity index (χ0) is 13.1. The largest absolute Gasteiger partial charge is 0.397 e. The number of carbonyl (C=O) groups excluding carboxylic acids is 1. The summed E-state index contributed by atoms with van der Waals surface area (Å²) < 4.78 is 13.3. The van der Waals surface area contributed by atoms with Gasteiger partial charge in [0.25, 0.3) is 5.91 Å². The van der Waals surface area contributed by atoms with Crippen LogP contribution < -0.4 is 11.1 Å². The smallest absolute Gasteiger partial charge is 0.258 e. The van der Waals surface area contributed by atoms with Crippen molar-refractivity contribution >= 4 is 28.9 Å². The van der Waals surface area contributed by atoms with Gasteiger partial charge in [-0.1, -0.05) is 11.6 Å². The van der Waals surface area contributed by atoms with E-state index in [0.29, 0.717) is 16.4 Å². The van der Waals surface area contributed by atoms with Crippen LogP contribution in [0, 0.1) is 5.82 Å². The Morgan fingerprint density at radius 1 is 1.39 bits per heavy atom. The number of hydrogen-bond acceptors (Lipinski definition) is 3. The number of nitrogens with one attached hydrogen (secondary N) is 1. The number of benzene rings is 1. The summed E-state index contributed by atoms with van der Waals surface area (Å²) in [6.07, 6.45) is 2.30. The van der Waals surface area contributed by atoms with E-state index in [4.69, 9.17) is 17.3 Å². The summed E-state index contributed by atoms with van der Waals surface area (Å²) >= 11 is 5.79. The first-order valence-corrected chi connectivity index (χ1v) is 5.41. The average Bonchev–Trinajstić information content (AvgIpc) is 2.34. The lowest BCUT2D eigenvalue weighted by atomic mass is 10.2. The third-order valence-electron chi connectivity index (χ3n) is 2.28. The fourth-order valence-corrected chi connectivity index (χ4v) is 1.56. The van der Waals surface area contributed by atoms with Crippen molar-refractivity contribution in [3.63, 3.8) is 0 Å². The molecule has 0 unspecified atom stereocenters. The van der Waals surface area contributed by atoms with Gasteiger partial charge in [0.05, 0.1) is 23.1 Å². The summed E-state index contributed by atoms with van der Waals surface area (Å²) in [4.78, 5) is 15.4. The van der Waals surface area contributed by atoms with Gasteiger partial charge in [-0.3, -0.25) is 9.78 Å². The lowest BCUT2D eigenvalue weighted by Gasteiger charge is -2.08. The van der Waals surface area contributed by atoms with E-state index in [1.165, 1.54) is 18.3 Å². The van der Waals surface area contributed by atoms with E-state index in [2.05, 4.69) is 10.3 Å². The Labute approximate surface area is 108 Å². The van der Waals surface area contributed by atoms with E-state index in [-0.39, 0.29) is 5.56 Å². The van der Waals surface area contributed by atoms with E-state index in [1.807, 2.05) is 0 Å². The molecule has 0 atom stereocenters. The number of nitrogens with zero attached hydrogens (tertiary/aromatic N) is 1. The van der Waals surface area contributed by atoms with E-state index in [1.54, 1.807) is 12.1 Å². The molecule has 18 heavy (non-hydrogen) atoms. The van der Waals surface area contributed by atoms with Gasteiger partial charge in [0, 0.05) is 11.2 Å². The van der Waals surface area contributed by atoms with Gasteiger partial charge in [-0.2, -0.15) is 0 Å². The summed E-state index contributed by atoms with van der Waals surface area (Å²) in [5.41, 5.74) is 6.25. The van der Waals surface area contributed by atoms with Gasteiger partial charge >= 0.3 is 0 Å². The second-order valence-electron chi connectivity index (χ2n) is 3.54. The van der Waals surface area contributed by atoms with E-state index in [0.717, 1.165) is 6.20 Å². The van der Waals surface area contributed by atoms with Crippen LogP contribution in [0.15, 0.2) is 36.7 Å². The highest BCUT2D eigenvalue weighted by atomic mass is 35.5. The minimum absolute atomic E-state index is 0.107. The van der Waals surface area contributed by atoms with Crippen molar-refractivity contribution in [1.29, 1.82) is 0 Å². The van der Waals surface area contributed by atoms with Crippen LogP contribution in [0.2, 0.25) is 5.02 Å². The Bertz CT molecular complexity index is 604. The molecular formula is C12H9ClFN3O. The number of rotatable bonds is 2. The Balaban J connectivity index is 2.27. The predicted octanol–water partition coefficient (Wildman–Crippen LogP) is 2.71. The zero-order valence-corrected chi connectivity index (χ0v) is 9.91. The molecule has 1 aromatic carbocycles. The molecular weight excluding hydrogens is 257 g/mol. The normalized spacial score (nSPS) is 10.1. The molecule has 0 spiro atoms. The van der Waals surface area contributed by atoms with Gasteiger partial charge in [0.1, 0.15) is 0 Å². The van der Waals surface area contributed by atoms with Crippen LogP contribution in [0.1, 0.15) is 10.4 Å². The van der Waals surface area contributed by atoms with E-state index >= 15 is 0 Å². The minimum Gasteiger partial charge on any atom is -0.397 e. The molecule has 3 N–H and O–H groups in total. The van der Waals surface area contributed by atoms with Gasteiger partial charge in [0.15, 0.2) is 5.82 Å². The summed E-state index contributed by atoms with van der Waals surface area (Å²) in [5.74, 6) is -1.31. The molecule has 2 rings (SSSR count). The van der Waals surface area contributed by atoms with Gasteiger partial charge in [-0.15, -0.1) is 0 Å². The van der Waals surface area contributed by atoms with Gasteiger partial charge in [-0.25, -0.2) is 4.39 Å². The molecule has 0 aliphatic heterocycles. The van der Waals surface area contributed by atoms with Gasteiger partial charge in [0.2, 0.25) is 0 Å². The van der Waals surface area contributed by atoms with Crippen molar-refractivity contribution in [2.24, 2.45) is 0 Å². The molecule has 0 radical (unpaired) electrons. The Kier molecular flexibility index (Phi) is 3.43. The first-order chi connectivity index (χ1) is 8.58. The molecule has 0 aliphatic carbocycles. The quantitative estimate of drug-likeness (QED) is 0.821. The van der Waals surface area contributed by atoms with Crippen LogP contribution in [-0.4, -0.2) is 10.9 Å². The number of nitrogen functional groups attached to an aromatic ring is 1. The first-order valence-electron chi connectivity index (χ1n) is 5.04. The number of hydrogen-bond donors (Lipinski definition) is 2. The van der Waals surface area contributed by atoms with Crippen molar-refractivity contribution < 1.29 is 9.18 Å². The highest BCUT2D eigenvalue weighted by molar-refractivity contribution is 6.31. The maximum Gasteiger partial charge on any atom is 0.258 e. The maximum atomic E-state index is 13.3. The number of pyridine rings is 1. The topological polar surface area (TPSA) is 68.0 Å². The van der Waals surface area contributed by atoms with Gasteiger partial charge in [-0.05, 0) is 24.3 Å². The number of halogens is 2. The molecule has 4 nitrogen and oxygen atoms in total. The van der Waals surface area contributed by atoms with E-state index in [9.17, 15) is 9.18 Å². The lowest BCUT2D eigenvalue weighted by Crippen LogP contribution is -2.15. The van der Waals surface area contributed by atoms with Crippen LogP contribution in [0.25, 0.3) is 0 Å². The highest BCUT2D eigenvalue weighted by Gasteiger charge is 2.12. The van der Waals surface area contributed by atoms with Crippen molar-refractivity contribution in [1.82, 2.24) is 4.98 Å². The first kappa shape index (κ1) is 12.3. The average molecular weight is 266 g/mol. The van der Waals surface area contributed by atoms with Crippen molar-refractivity contribution in [2.45, 2.75) is 0 Å². The van der Waals surface area contributed by atoms with Crippen LogP contribution in [-0.2, 0) is 0 Å². The Morgan fingerprint density at radius 3 is 2.89 bits per heavy atom. The van der Waals surface area contributed by atoms with Crippen molar-refractivity contribution in [3.05, 3.63) is 53.1 Å². The minimum atomic E-state index is -0.699. The molecule has 0 saturated carbocycles. The van der Waals surface area contributed by atoms with E-state index < -0.39 is 11.7 Å². The second-order valence-corrected chi connectivity index (χ2v) is 3.98. The summed E-state index contributed by atoms with van der Waals surface area (Å²) in [5, 5.41) is 2.92. The monoisotopic (exact) mass is 265 g/mol. The third-order valence-corrected chi connectivity index (χ3v) is 2.52. The lowest BCUT2D eigenvalue weighted by molar-refractivity contribution is 0.102. The van der Waals surface area contributed by atoms with Crippen molar-refractivity contribution in [2.75, 3.05) is 11.1 Å².